The van der Waals surface area contributed by atoms with Crippen molar-refractivity contribution in [3.8, 4) is 0 Å². The molecular formula is C14H19FN2O3S. The average Bonchev–Trinajstić information content (AvgIpc) is 2.64. The molecule has 1 heterocycles. The summed E-state index contributed by atoms with van der Waals surface area (Å²) in [6, 6.07) is 5.04. The lowest BCUT2D eigenvalue weighted by Crippen LogP contribution is -2.42. The van der Waals surface area contributed by atoms with Gasteiger partial charge in [-0.1, -0.05) is 12.1 Å². The normalized spacial score (nSPS) is 24.4. The van der Waals surface area contributed by atoms with E-state index in [1.807, 2.05) is 0 Å². The molecule has 1 aliphatic heterocycles. The minimum atomic E-state index is -3.21. The molecule has 3 atom stereocenters. The van der Waals surface area contributed by atoms with Crippen LogP contribution >= 0.6 is 0 Å². The number of carbonyl (C=O) groups is 1. The molecule has 2 rings (SSSR count). The number of benzene rings is 1. The largest absolute Gasteiger partial charge is 0.318 e. The third-order valence-electron chi connectivity index (χ3n) is 3.49. The summed E-state index contributed by atoms with van der Waals surface area (Å²) in [4.78, 5) is 13.8. The number of hydrogen-bond donors (Lipinski definition) is 1. The molecule has 0 aromatic heterocycles. The predicted molar refractivity (Wildman–Crippen MR) is 77.8 cm³/mol. The van der Waals surface area contributed by atoms with E-state index in [1.165, 1.54) is 17.0 Å². The number of amides is 1. The number of rotatable bonds is 4. The minimum Gasteiger partial charge on any atom is -0.318 e. The van der Waals surface area contributed by atoms with Gasteiger partial charge in [0.1, 0.15) is 21.8 Å². The molecule has 0 spiro atoms. The minimum absolute atomic E-state index is 0.126. The van der Waals surface area contributed by atoms with Crippen molar-refractivity contribution in [2.45, 2.75) is 32.1 Å². The molecule has 1 fully saturated rings. The molecule has 0 bridgehead atoms. The van der Waals surface area contributed by atoms with Crippen LogP contribution in [0.1, 0.15) is 25.6 Å². The van der Waals surface area contributed by atoms with Crippen molar-refractivity contribution in [3.63, 3.8) is 0 Å². The highest BCUT2D eigenvalue weighted by Gasteiger charge is 2.40. The first-order chi connectivity index (χ1) is 9.69. The molecule has 5 nitrogen and oxygen atoms in total. The summed E-state index contributed by atoms with van der Waals surface area (Å²) in [5.41, 5.74) is 0.605. The number of nitrogens with zero attached hydrogens (tertiary/aromatic N) is 1. The van der Waals surface area contributed by atoms with Crippen LogP contribution in [0.4, 0.5) is 4.39 Å². The first-order valence-electron chi connectivity index (χ1n) is 6.70. The van der Waals surface area contributed by atoms with Crippen molar-refractivity contribution in [2.24, 2.45) is 0 Å². The van der Waals surface area contributed by atoms with E-state index in [2.05, 4.69) is 5.32 Å². The summed E-state index contributed by atoms with van der Waals surface area (Å²) in [6.07, 6.45) is 0.623. The first-order valence-corrected chi connectivity index (χ1v) is 8.76. The van der Waals surface area contributed by atoms with E-state index in [9.17, 15) is 17.6 Å². The van der Waals surface area contributed by atoms with Crippen LogP contribution in [0.5, 0.6) is 0 Å². The van der Waals surface area contributed by atoms with Crippen LogP contribution < -0.4 is 5.32 Å². The highest BCUT2D eigenvalue weighted by Crippen LogP contribution is 2.28. The molecule has 1 N–H and O–H groups in total. The number of halogens is 1. The SMILES string of the molecule is CC1NC(c2cccc(F)c2)N(C(C)CS(C)(=O)=O)C1=O. The van der Waals surface area contributed by atoms with Crippen molar-refractivity contribution in [2.75, 3.05) is 12.0 Å². The highest BCUT2D eigenvalue weighted by molar-refractivity contribution is 7.90. The van der Waals surface area contributed by atoms with Gasteiger partial charge >= 0.3 is 0 Å². The molecule has 0 aliphatic carbocycles. The van der Waals surface area contributed by atoms with Crippen LogP contribution in [0.2, 0.25) is 0 Å². The fraction of sp³-hybridized carbons (Fsp3) is 0.500. The quantitative estimate of drug-likeness (QED) is 0.903. The Kier molecular flexibility index (Phi) is 4.34. The maximum absolute atomic E-state index is 13.4. The van der Waals surface area contributed by atoms with Gasteiger partial charge in [0.25, 0.3) is 0 Å². The summed E-state index contributed by atoms with van der Waals surface area (Å²) in [5, 5.41) is 3.08. The van der Waals surface area contributed by atoms with E-state index in [0.29, 0.717) is 5.56 Å². The molecule has 0 radical (unpaired) electrons. The smallest absolute Gasteiger partial charge is 0.241 e. The van der Waals surface area contributed by atoms with Gasteiger partial charge in [0, 0.05) is 12.3 Å². The standard InChI is InChI=1S/C14H19FN2O3S/c1-9(8-21(3,19)20)17-13(16-10(2)14(17)18)11-5-4-6-12(15)7-11/h4-7,9-10,13,16H,8H2,1-3H3. The van der Waals surface area contributed by atoms with E-state index < -0.39 is 33.9 Å². The maximum Gasteiger partial charge on any atom is 0.241 e. The molecule has 1 aromatic carbocycles. The van der Waals surface area contributed by atoms with Crippen LogP contribution in [-0.2, 0) is 14.6 Å². The zero-order chi connectivity index (χ0) is 15.8. The Morgan fingerprint density at radius 3 is 2.67 bits per heavy atom. The second kappa shape index (κ2) is 5.73. The summed E-state index contributed by atoms with van der Waals surface area (Å²) in [6.45, 7) is 3.40. The summed E-state index contributed by atoms with van der Waals surface area (Å²) < 4.78 is 36.3. The Morgan fingerprint density at radius 1 is 1.43 bits per heavy atom. The van der Waals surface area contributed by atoms with Gasteiger partial charge in [-0.25, -0.2) is 12.8 Å². The molecular weight excluding hydrogens is 295 g/mol. The molecule has 21 heavy (non-hydrogen) atoms. The van der Waals surface area contributed by atoms with Crippen molar-refractivity contribution in [3.05, 3.63) is 35.6 Å². The van der Waals surface area contributed by atoms with Crippen LogP contribution in [0.15, 0.2) is 24.3 Å². The topological polar surface area (TPSA) is 66.5 Å². The maximum atomic E-state index is 13.4. The Labute approximate surface area is 124 Å². The third-order valence-corrected chi connectivity index (χ3v) is 4.58. The molecule has 116 valence electrons. The van der Waals surface area contributed by atoms with Gasteiger partial charge in [0.2, 0.25) is 5.91 Å². The lowest BCUT2D eigenvalue weighted by atomic mass is 10.1. The van der Waals surface area contributed by atoms with Gasteiger partial charge in [0.15, 0.2) is 0 Å². The van der Waals surface area contributed by atoms with E-state index >= 15 is 0 Å². The second-order valence-corrected chi connectivity index (χ2v) is 7.72. The molecule has 7 heteroatoms. The molecule has 1 aromatic rings. The summed E-state index contributed by atoms with van der Waals surface area (Å²) >= 11 is 0. The number of hydrogen-bond acceptors (Lipinski definition) is 4. The summed E-state index contributed by atoms with van der Waals surface area (Å²) in [5.74, 6) is -0.698. The number of sulfone groups is 1. The predicted octanol–water partition coefficient (Wildman–Crippen LogP) is 1.08. The lowest BCUT2D eigenvalue weighted by Gasteiger charge is -2.30. The van der Waals surface area contributed by atoms with Crippen LogP contribution in [-0.4, -0.2) is 43.3 Å². The zero-order valence-corrected chi connectivity index (χ0v) is 13.0. The van der Waals surface area contributed by atoms with E-state index in [0.717, 1.165) is 6.26 Å². The Bertz CT molecular complexity index is 647. The third kappa shape index (κ3) is 3.59. The molecule has 3 unspecified atom stereocenters. The number of nitrogens with one attached hydrogen (secondary N) is 1. The molecule has 1 amide bonds. The Hall–Kier alpha value is -1.47. The van der Waals surface area contributed by atoms with E-state index in [1.54, 1.807) is 26.0 Å². The molecule has 0 saturated carbocycles. The van der Waals surface area contributed by atoms with Crippen LogP contribution in [0, 0.1) is 5.82 Å². The molecule has 1 saturated heterocycles. The summed E-state index contributed by atoms with van der Waals surface area (Å²) in [7, 11) is -3.21. The monoisotopic (exact) mass is 314 g/mol. The Morgan fingerprint density at radius 2 is 2.10 bits per heavy atom. The van der Waals surface area contributed by atoms with Crippen molar-refractivity contribution >= 4 is 15.7 Å². The first kappa shape index (κ1) is 15.9. The van der Waals surface area contributed by atoms with Crippen molar-refractivity contribution < 1.29 is 17.6 Å². The van der Waals surface area contributed by atoms with E-state index in [-0.39, 0.29) is 11.7 Å². The van der Waals surface area contributed by atoms with Gasteiger partial charge in [0.05, 0.1) is 11.8 Å². The average molecular weight is 314 g/mol. The highest BCUT2D eigenvalue weighted by atomic mass is 32.2. The van der Waals surface area contributed by atoms with Crippen LogP contribution in [0.3, 0.4) is 0 Å². The van der Waals surface area contributed by atoms with Gasteiger partial charge in [-0.05, 0) is 31.5 Å². The van der Waals surface area contributed by atoms with Gasteiger partial charge < -0.3 is 4.90 Å². The Balaban J connectivity index is 2.33. The van der Waals surface area contributed by atoms with Gasteiger partial charge in [-0.15, -0.1) is 0 Å². The lowest BCUT2D eigenvalue weighted by molar-refractivity contribution is -0.131. The zero-order valence-electron chi connectivity index (χ0n) is 12.2. The second-order valence-electron chi connectivity index (χ2n) is 5.53. The van der Waals surface area contributed by atoms with Gasteiger partial charge in [-0.2, -0.15) is 0 Å². The fourth-order valence-electron chi connectivity index (χ4n) is 2.66. The number of carbonyl (C=O) groups excluding carboxylic acids is 1. The van der Waals surface area contributed by atoms with Gasteiger partial charge in [-0.3, -0.25) is 10.1 Å². The van der Waals surface area contributed by atoms with Crippen molar-refractivity contribution in [1.29, 1.82) is 0 Å². The molecule has 1 aliphatic rings. The van der Waals surface area contributed by atoms with Crippen molar-refractivity contribution in [1.82, 2.24) is 10.2 Å². The van der Waals surface area contributed by atoms with E-state index in [4.69, 9.17) is 0 Å². The fourth-order valence-corrected chi connectivity index (χ4v) is 3.70. The van der Waals surface area contributed by atoms with Crippen LogP contribution in [0.25, 0.3) is 0 Å².